The van der Waals surface area contributed by atoms with Gasteiger partial charge in [-0.3, -0.25) is 9.69 Å². The zero-order chi connectivity index (χ0) is 10.3. The van der Waals surface area contributed by atoms with Crippen molar-refractivity contribution < 1.29 is 4.79 Å². The summed E-state index contributed by atoms with van der Waals surface area (Å²) in [6, 6.07) is 0.853. The molecule has 0 aromatic heterocycles. The number of carbonyl (C=O) groups is 1. The summed E-state index contributed by atoms with van der Waals surface area (Å²) in [6.45, 7) is 2.09. The smallest absolute Gasteiger partial charge is 0.135 e. The van der Waals surface area contributed by atoms with Crippen molar-refractivity contribution in [3.05, 3.63) is 0 Å². The van der Waals surface area contributed by atoms with Gasteiger partial charge in [0.25, 0.3) is 0 Å². The number of Topliss-reactive ketones (excluding diaryl/α,β-unsaturated/α-hetero) is 1. The molecular formula is C13H21NO. The molecule has 1 spiro atoms. The molecule has 0 radical (unpaired) electrons. The highest BCUT2D eigenvalue weighted by Gasteiger charge is 2.56. The molecule has 2 heteroatoms. The predicted molar refractivity (Wildman–Crippen MR) is 59.7 cm³/mol. The van der Waals surface area contributed by atoms with Crippen LogP contribution in [0.3, 0.4) is 0 Å². The van der Waals surface area contributed by atoms with Gasteiger partial charge in [-0.25, -0.2) is 0 Å². The lowest BCUT2D eigenvalue weighted by atomic mass is 9.85. The molecular weight excluding hydrogens is 186 g/mol. The average Bonchev–Trinajstić information content (AvgIpc) is 2.94. The Morgan fingerprint density at radius 1 is 1.07 bits per heavy atom. The van der Waals surface area contributed by atoms with Crippen molar-refractivity contribution in [2.24, 2.45) is 5.41 Å². The van der Waals surface area contributed by atoms with Gasteiger partial charge in [0.05, 0.1) is 0 Å². The molecule has 3 aliphatic rings. The highest BCUT2D eigenvalue weighted by molar-refractivity contribution is 5.79. The molecule has 0 aromatic carbocycles. The summed E-state index contributed by atoms with van der Waals surface area (Å²) < 4.78 is 0. The SMILES string of the molecule is O=C1CCN(C2CC23CCCCC3)CC1. The van der Waals surface area contributed by atoms with E-state index in [1.807, 2.05) is 0 Å². The zero-order valence-corrected chi connectivity index (χ0v) is 9.50. The number of carbonyl (C=O) groups excluding carboxylic acids is 1. The molecule has 3 fully saturated rings. The molecule has 1 atom stereocenters. The van der Waals surface area contributed by atoms with Crippen LogP contribution in [0.5, 0.6) is 0 Å². The van der Waals surface area contributed by atoms with Crippen LogP contribution >= 0.6 is 0 Å². The van der Waals surface area contributed by atoms with Gasteiger partial charge in [-0.05, 0) is 24.7 Å². The molecule has 0 bridgehead atoms. The third-order valence-corrected chi connectivity index (χ3v) is 4.79. The van der Waals surface area contributed by atoms with Crippen molar-refractivity contribution in [1.29, 1.82) is 0 Å². The number of nitrogens with zero attached hydrogens (tertiary/aromatic N) is 1. The lowest BCUT2D eigenvalue weighted by molar-refractivity contribution is -0.121. The van der Waals surface area contributed by atoms with Crippen LogP contribution in [0.25, 0.3) is 0 Å². The van der Waals surface area contributed by atoms with Crippen LogP contribution in [0.2, 0.25) is 0 Å². The highest BCUT2D eigenvalue weighted by Crippen LogP contribution is 2.58. The van der Waals surface area contributed by atoms with Crippen LogP contribution in [0.15, 0.2) is 0 Å². The Hall–Kier alpha value is -0.370. The van der Waals surface area contributed by atoms with E-state index in [-0.39, 0.29) is 0 Å². The molecule has 3 rings (SSSR count). The van der Waals surface area contributed by atoms with Gasteiger partial charge in [-0.15, -0.1) is 0 Å². The number of rotatable bonds is 1. The van der Waals surface area contributed by atoms with E-state index in [4.69, 9.17) is 0 Å². The van der Waals surface area contributed by atoms with Crippen LogP contribution in [-0.4, -0.2) is 29.8 Å². The van der Waals surface area contributed by atoms with Gasteiger partial charge in [0, 0.05) is 32.0 Å². The van der Waals surface area contributed by atoms with Crippen LogP contribution in [0.4, 0.5) is 0 Å². The number of hydrogen-bond donors (Lipinski definition) is 0. The number of hydrogen-bond acceptors (Lipinski definition) is 2. The highest BCUT2D eigenvalue weighted by atomic mass is 16.1. The first-order valence-electron chi connectivity index (χ1n) is 6.56. The third-order valence-electron chi connectivity index (χ3n) is 4.79. The minimum Gasteiger partial charge on any atom is -0.300 e. The maximum atomic E-state index is 11.2. The van der Waals surface area contributed by atoms with Crippen LogP contribution < -0.4 is 0 Å². The van der Waals surface area contributed by atoms with Gasteiger partial charge in [0.2, 0.25) is 0 Å². The first-order chi connectivity index (χ1) is 7.30. The summed E-state index contributed by atoms with van der Waals surface area (Å²) in [5.41, 5.74) is 0.707. The minimum atomic E-state index is 0.476. The number of piperidine rings is 1. The number of ketones is 1. The van der Waals surface area contributed by atoms with Gasteiger partial charge in [-0.2, -0.15) is 0 Å². The second-order valence-corrected chi connectivity index (χ2v) is 5.72. The van der Waals surface area contributed by atoms with Gasteiger partial charge < -0.3 is 0 Å². The Kier molecular flexibility index (Phi) is 2.35. The Morgan fingerprint density at radius 3 is 2.40 bits per heavy atom. The standard InChI is InChI=1S/C13H21NO/c15-11-4-8-14(9-5-11)12-10-13(12)6-2-1-3-7-13/h12H,1-10H2. The van der Waals surface area contributed by atoms with E-state index in [1.54, 1.807) is 0 Å². The fourth-order valence-electron chi connectivity index (χ4n) is 3.72. The third kappa shape index (κ3) is 1.73. The Morgan fingerprint density at radius 2 is 1.73 bits per heavy atom. The van der Waals surface area contributed by atoms with Crippen molar-refractivity contribution >= 4 is 5.78 Å². The molecule has 84 valence electrons. The van der Waals surface area contributed by atoms with E-state index in [0.29, 0.717) is 11.2 Å². The summed E-state index contributed by atoms with van der Waals surface area (Å²) in [5.74, 6) is 0.476. The average molecular weight is 207 g/mol. The van der Waals surface area contributed by atoms with Crippen molar-refractivity contribution in [1.82, 2.24) is 4.90 Å². The summed E-state index contributed by atoms with van der Waals surface area (Å²) in [5, 5.41) is 0. The van der Waals surface area contributed by atoms with Gasteiger partial charge in [-0.1, -0.05) is 19.3 Å². The van der Waals surface area contributed by atoms with Gasteiger partial charge >= 0.3 is 0 Å². The van der Waals surface area contributed by atoms with Crippen molar-refractivity contribution in [2.45, 2.75) is 57.4 Å². The molecule has 0 aromatic rings. The monoisotopic (exact) mass is 207 g/mol. The molecule has 2 nitrogen and oxygen atoms in total. The second-order valence-electron chi connectivity index (χ2n) is 5.72. The first-order valence-corrected chi connectivity index (χ1v) is 6.56. The summed E-state index contributed by atoms with van der Waals surface area (Å²) in [7, 11) is 0. The first kappa shape index (κ1) is 9.83. The van der Waals surface area contributed by atoms with E-state index in [1.165, 1.54) is 38.5 Å². The fraction of sp³-hybridized carbons (Fsp3) is 0.923. The zero-order valence-electron chi connectivity index (χ0n) is 9.50. The Labute approximate surface area is 92.0 Å². The summed E-state index contributed by atoms with van der Waals surface area (Å²) in [4.78, 5) is 13.8. The minimum absolute atomic E-state index is 0.476. The molecule has 15 heavy (non-hydrogen) atoms. The molecule has 0 N–H and O–H groups in total. The van der Waals surface area contributed by atoms with E-state index < -0.39 is 0 Å². The maximum Gasteiger partial charge on any atom is 0.135 e. The van der Waals surface area contributed by atoms with E-state index >= 15 is 0 Å². The largest absolute Gasteiger partial charge is 0.300 e. The quantitative estimate of drug-likeness (QED) is 0.658. The van der Waals surface area contributed by atoms with E-state index in [9.17, 15) is 4.79 Å². The van der Waals surface area contributed by atoms with Crippen molar-refractivity contribution in [2.75, 3.05) is 13.1 Å². The molecule has 2 saturated carbocycles. The molecule has 1 aliphatic heterocycles. The Balaban J connectivity index is 1.59. The molecule has 2 aliphatic carbocycles. The normalized spacial score (nSPS) is 35.7. The lowest BCUT2D eigenvalue weighted by Gasteiger charge is -2.31. The topological polar surface area (TPSA) is 20.3 Å². The van der Waals surface area contributed by atoms with Crippen LogP contribution in [0, 0.1) is 5.41 Å². The second kappa shape index (κ2) is 3.58. The van der Waals surface area contributed by atoms with Crippen LogP contribution in [0.1, 0.15) is 51.4 Å². The van der Waals surface area contributed by atoms with Crippen molar-refractivity contribution in [3.8, 4) is 0 Å². The van der Waals surface area contributed by atoms with Crippen molar-refractivity contribution in [3.63, 3.8) is 0 Å². The maximum absolute atomic E-state index is 11.2. The Bertz CT molecular complexity index is 258. The summed E-state index contributed by atoms with van der Waals surface area (Å²) in [6.07, 6.45) is 10.3. The van der Waals surface area contributed by atoms with Gasteiger partial charge in [0.15, 0.2) is 0 Å². The fourth-order valence-corrected chi connectivity index (χ4v) is 3.72. The van der Waals surface area contributed by atoms with E-state index in [2.05, 4.69) is 4.90 Å². The van der Waals surface area contributed by atoms with Crippen LogP contribution in [-0.2, 0) is 4.79 Å². The molecule has 1 saturated heterocycles. The lowest BCUT2D eigenvalue weighted by Crippen LogP contribution is -2.38. The predicted octanol–water partition coefficient (Wildman–Crippen LogP) is 2.37. The number of likely N-dealkylation sites (tertiary alicyclic amines) is 1. The molecule has 1 unspecified atom stereocenters. The van der Waals surface area contributed by atoms with E-state index in [0.717, 1.165) is 32.0 Å². The molecule has 0 amide bonds. The van der Waals surface area contributed by atoms with Gasteiger partial charge in [0.1, 0.15) is 5.78 Å². The summed E-state index contributed by atoms with van der Waals surface area (Å²) >= 11 is 0. The molecule has 1 heterocycles.